The van der Waals surface area contributed by atoms with E-state index in [1.165, 1.54) is 0 Å². The third-order valence-electron chi connectivity index (χ3n) is 4.62. The van der Waals surface area contributed by atoms with Gasteiger partial charge in [0.15, 0.2) is 5.96 Å². The van der Waals surface area contributed by atoms with Crippen molar-refractivity contribution in [2.24, 2.45) is 4.99 Å². The third-order valence-corrected chi connectivity index (χ3v) is 4.62. The summed E-state index contributed by atoms with van der Waals surface area (Å²) in [4.78, 5) is 20.4. The Labute approximate surface area is 176 Å². The number of rotatable bonds is 9. The number of carbonyl (C=O) groups excluding carboxylic acids is 1. The number of piperidine rings is 1. The number of methoxy groups -OCH3 is 1. The normalized spacial score (nSPS) is 17.3. The minimum atomic E-state index is 0. The van der Waals surface area contributed by atoms with Crippen LogP contribution in [0.25, 0.3) is 0 Å². The minimum absolute atomic E-state index is 0. The summed E-state index contributed by atoms with van der Waals surface area (Å²) in [5.74, 6) is 0.764. The van der Waals surface area contributed by atoms with Crippen LogP contribution in [0.2, 0.25) is 0 Å². The lowest BCUT2D eigenvalue weighted by Crippen LogP contribution is -2.50. The molecule has 1 heterocycles. The first-order valence-corrected chi connectivity index (χ1v) is 9.45. The predicted molar refractivity (Wildman–Crippen MR) is 118 cm³/mol. The molecular formula is C18H38IN5O2. The van der Waals surface area contributed by atoms with Gasteiger partial charge in [0.1, 0.15) is 6.54 Å². The number of aliphatic imine (C=N–C) groups is 1. The van der Waals surface area contributed by atoms with Crippen molar-refractivity contribution in [3.05, 3.63) is 0 Å². The lowest BCUT2D eigenvalue weighted by atomic mass is 10.1. The summed E-state index contributed by atoms with van der Waals surface area (Å²) in [6.07, 6.45) is 4.29. The van der Waals surface area contributed by atoms with Gasteiger partial charge in [0.05, 0.1) is 0 Å². The molecule has 0 saturated carbocycles. The van der Waals surface area contributed by atoms with E-state index in [9.17, 15) is 4.79 Å². The standard InChI is InChI=1S/C18H37N5O2.HI/c1-6-15(2)20-18(19-14-17(24)22(3)4)21-16-8-11-23(12-9-16)10-7-13-25-5;/h15-16H,6-14H2,1-5H3,(H2,19,20,21);1H. The molecule has 0 spiro atoms. The van der Waals surface area contributed by atoms with Crippen molar-refractivity contribution in [3.8, 4) is 0 Å². The summed E-state index contributed by atoms with van der Waals surface area (Å²) in [5, 5.41) is 6.92. The van der Waals surface area contributed by atoms with E-state index in [-0.39, 0.29) is 36.4 Å². The smallest absolute Gasteiger partial charge is 0.243 e. The Balaban J connectivity index is 0.00000625. The van der Waals surface area contributed by atoms with E-state index < -0.39 is 0 Å². The molecule has 0 aliphatic carbocycles. The number of ether oxygens (including phenoxy) is 1. The van der Waals surface area contributed by atoms with Crippen LogP contribution in [0.1, 0.15) is 39.5 Å². The highest BCUT2D eigenvalue weighted by molar-refractivity contribution is 14.0. The Morgan fingerprint density at radius 1 is 1.35 bits per heavy atom. The van der Waals surface area contributed by atoms with E-state index in [2.05, 4.69) is 34.4 Å². The number of amides is 1. The Bertz CT molecular complexity index is 412. The number of carbonyl (C=O) groups is 1. The molecular weight excluding hydrogens is 445 g/mol. The topological polar surface area (TPSA) is 69.2 Å². The highest BCUT2D eigenvalue weighted by Crippen LogP contribution is 2.10. The molecule has 0 aromatic heterocycles. The van der Waals surface area contributed by atoms with Gasteiger partial charge in [-0.05, 0) is 32.6 Å². The van der Waals surface area contributed by atoms with E-state index in [1.54, 1.807) is 26.1 Å². The quantitative estimate of drug-likeness (QED) is 0.225. The van der Waals surface area contributed by atoms with E-state index in [0.29, 0.717) is 12.1 Å². The highest BCUT2D eigenvalue weighted by Gasteiger charge is 2.20. The molecule has 154 valence electrons. The molecule has 8 heteroatoms. The summed E-state index contributed by atoms with van der Waals surface area (Å²) in [7, 11) is 5.26. The molecule has 1 unspecified atom stereocenters. The van der Waals surface area contributed by atoms with Crippen molar-refractivity contribution in [1.82, 2.24) is 20.4 Å². The second kappa shape index (κ2) is 14.4. The van der Waals surface area contributed by atoms with Crippen LogP contribution in [0.15, 0.2) is 4.99 Å². The van der Waals surface area contributed by atoms with Gasteiger partial charge in [-0.15, -0.1) is 24.0 Å². The minimum Gasteiger partial charge on any atom is -0.385 e. The van der Waals surface area contributed by atoms with Crippen LogP contribution in [-0.2, 0) is 9.53 Å². The second-order valence-corrected chi connectivity index (χ2v) is 7.01. The third kappa shape index (κ3) is 10.5. The molecule has 2 N–H and O–H groups in total. The Morgan fingerprint density at radius 2 is 2.00 bits per heavy atom. The molecule has 0 aromatic rings. The van der Waals surface area contributed by atoms with Crippen molar-refractivity contribution < 1.29 is 9.53 Å². The van der Waals surface area contributed by atoms with Gasteiger partial charge in [-0.3, -0.25) is 4.79 Å². The first kappa shape index (κ1) is 25.4. The number of hydrogen-bond donors (Lipinski definition) is 2. The largest absolute Gasteiger partial charge is 0.385 e. The van der Waals surface area contributed by atoms with Crippen molar-refractivity contribution in [2.45, 2.75) is 51.6 Å². The highest BCUT2D eigenvalue weighted by atomic mass is 127. The fourth-order valence-corrected chi connectivity index (χ4v) is 2.68. The number of nitrogens with one attached hydrogen (secondary N) is 2. The molecule has 1 aliphatic rings. The Kier molecular flexibility index (Phi) is 14.1. The number of halogens is 1. The molecule has 1 aliphatic heterocycles. The Morgan fingerprint density at radius 3 is 2.54 bits per heavy atom. The summed E-state index contributed by atoms with van der Waals surface area (Å²) in [6, 6.07) is 0.735. The number of guanidine groups is 1. The van der Waals surface area contributed by atoms with Gasteiger partial charge < -0.3 is 25.2 Å². The molecule has 1 rings (SSSR count). The molecule has 0 aromatic carbocycles. The summed E-state index contributed by atoms with van der Waals surface area (Å²) in [6.45, 7) is 8.55. The van der Waals surface area contributed by atoms with Gasteiger partial charge in [-0.1, -0.05) is 6.92 Å². The van der Waals surface area contributed by atoms with Crippen LogP contribution in [0.3, 0.4) is 0 Å². The number of nitrogens with zero attached hydrogens (tertiary/aromatic N) is 3. The van der Waals surface area contributed by atoms with Crippen LogP contribution < -0.4 is 10.6 Å². The number of hydrogen-bond acceptors (Lipinski definition) is 4. The van der Waals surface area contributed by atoms with Gasteiger partial charge >= 0.3 is 0 Å². The van der Waals surface area contributed by atoms with Crippen molar-refractivity contribution >= 4 is 35.8 Å². The molecule has 7 nitrogen and oxygen atoms in total. The molecule has 1 amide bonds. The van der Waals surface area contributed by atoms with Crippen molar-refractivity contribution in [1.29, 1.82) is 0 Å². The van der Waals surface area contributed by atoms with E-state index >= 15 is 0 Å². The van der Waals surface area contributed by atoms with Crippen molar-refractivity contribution in [2.75, 3.05) is 54.0 Å². The van der Waals surface area contributed by atoms with Gasteiger partial charge in [0.2, 0.25) is 5.91 Å². The number of likely N-dealkylation sites (N-methyl/N-ethyl adjacent to an activating group) is 1. The maximum absolute atomic E-state index is 11.8. The maximum Gasteiger partial charge on any atom is 0.243 e. The summed E-state index contributed by atoms with van der Waals surface area (Å²) < 4.78 is 5.12. The van der Waals surface area contributed by atoms with Crippen LogP contribution in [0.5, 0.6) is 0 Å². The van der Waals surface area contributed by atoms with E-state index in [4.69, 9.17) is 4.74 Å². The molecule has 1 saturated heterocycles. The average molecular weight is 483 g/mol. The van der Waals surface area contributed by atoms with Gasteiger partial charge in [-0.2, -0.15) is 0 Å². The lowest BCUT2D eigenvalue weighted by Gasteiger charge is -2.33. The molecule has 1 atom stereocenters. The Hall–Kier alpha value is -0.610. The van der Waals surface area contributed by atoms with Gasteiger partial charge in [-0.25, -0.2) is 4.99 Å². The van der Waals surface area contributed by atoms with Gasteiger partial charge in [0.25, 0.3) is 0 Å². The maximum atomic E-state index is 11.8. The fraction of sp³-hybridized carbons (Fsp3) is 0.889. The predicted octanol–water partition coefficient (Wildman–Crippen LogP) is 1.53. The lowest BCUT2D eigenvalue weighted by molar-refractivity contribution is -0.127. The summed E-state index contributed by atoms with van der Waals surface area (Å²) in [5.41, 5.74) is 0. The number of likely N-dealkylation sites (tertiary alicyclic amines) is 1. The zero-order chi connectivity index (χ0) is 18.7. The van der Waals surface area contributed by atoms with Crippen LogP contribution in [0.4, 0.5) is 0 Å². The van der Waals surface area contributed by atoms with Gasteiger partial charge in [0, 0.05) is 59.5 Å². The zero-order valence-corrected chi connectivity index (χ0v) is 19.4. The van der Waals surface area contributed by atoms with E-state index in [1.807, 2.05) is 0 Å². The first-order valence-electron chi connectivity index (χ1n) is 9.45. The summed E-state index contributed by atoms with van der Waals surface area (Å²) >= 11 is 0. The monoisotopic (exact) mass is 483 g/mol. The molecule has 26 heavy (non-hydrogen) atoms. The SMILES string of the molecule is CCC(C)NC(=NCC(=O)N(C)C)NC1CCN(CCCOC)CC1.I. The van der Waals surface area contributed by atoms with Crippen LogP contribution in [0, 0.1) is 0 Å². The second-order valence-electron chi connectivity index (χ2n) is 7.01. The molecule has 0 bridgehead atoms. The van der Waals surface area contributed by atoms with Crippen molar-refractivity contribution in [3.63, 3.8) is 0 Å². The molecule has 0 radical (unpaired) electrons. The van der Waals surface area contributed by atoms with E-state index in [0.717, 1.165) is 57.9 Å². The molecule has 1 fully saturated rings. The van der Waals surface area contributed by atoms with Crippen LogP contribution in [-0.4, -0.2) is 87.7 Å². The van der Waals surface area contributed by atoms with Crippen LogP contribution >= 0.6 is 24.0 Å². The first-order chi connectivity index (χ1) is 12.0. The average Bonchev–Trinajstić information content (AvgIpc) is 2.60. The zero-order valence-electron chi connectivity index (χ0n) is 17.1. The fourth-order valence-electron chi connectivity index (χ4n) is 2.68.